The fourth-order valence-corrected chi connectivity index (χ4v) is 1.76. The molecule has 0 fully saturated rings. The summed E-state index contributed by atoms with van der Waals surface area (Å²) in [7, 11) is 0. The van der Waals surface area contributed by atoms with Crippen molar-refractivity contribution in [3.63, 3.8) is 0 Å². The molecule has 0 saturated heterocycles. The van der Waals surface area contributed by atoms with Crippen LogP contribution in [0.2, 0.25) is 0 Å². The van der Waals surface area contributed by atoms with Crippen molar-refractivity contribution < 1.29 is 0 Å². The van der Waals surface area contributed by atoms with E-state index in [1.54, 1.807) is 0 Å². The number of hydrogen-bond acceptors (Lipinski definition) is 3. The Kier molecular flexibility index (Phi) is 1.75. The highest BCUT2D eigenvalue weighted by Crippen LogP contribution is 2.21. The molecule has 3 rings (SSSR count). The van der Waals surface area contributed by atoms with Crippen LogP contribution in [0.4, 0.5) is 0 Å². The third kappa shape index (κ3) is 1.29. The van der Waals surface area contributed by atoms with Crippen LogP contribution in [0.5, 0.6) is 0 Å². The number of hydrogen-bond donors (Lipinski definition) is 1. The Bertz CT molecular complexity index is 570. The number of aromatic nitrogens is 1. The molecular weight excluding hydrogens is 186 g/mol. The molecule has 0 aliphatic carbocycles. The lowest BCUT2D eigenvalue weighted by molar-refractivity contribution is 0.985. The van der Waals surface area contributed by atoms with Gasteiger partial charge in [-0.3, -0.25) is 10.4 Å². The van der Waals surface area contributed by atoms with E-state index in [1.165, 1.54) is 0 Å². The van der Waals surface area contributed by atoms with E-state index >= 15 is 0 Å². The molecule has 2 heterocycles. The summed E-state index contributed by atoms with van der Waals surface area (Å²) >= 11 is 0. The molecule has 3 nitrogen and oxygen atoms in total. The van der Waals surface area contributed by atoms with Crippen molar-refractivity contribution in [1.82, 2.24) is 10.4 Å². The first-order valence-corrected chi connectivity index (χ1v) is 4.78. The topological polar surface area (TPSA) is 37.3 Å². The Hall–Kier alpha value is -2.16. The van der Waals surface area contributed by atoms with Crippen molar-refractivity contribution >= 4 is 23.2 Å². The van der Waals surface area contributed by atoms with Crippen LogP contribution in [0.1, 0.15) is 11.1 Å². The third-order valence-corrected chi connectivity index (χ3v) is 2.46. The molecule has 3 heteroatoms. The fourth-order valence-electron chi connectivity index (χ4n) is 1.76. The van der Waals surface area contributed by atoms with Crippen molar-refractivity contribution in [3.05, 3.63) is 47.8 Å². The van der Waals surface area contributed by atoms with Crippen molar-refractivity contribution in [2.75, 3.05) is 0 Å². The number of nitrogens with zero attached hydrogens (tertiary/aromatic N) is 2. The molecule has 0 bridgehead atoms. The average Bonchev–Trinajstić information content (AvgIpc) is 2.54. The summed E-state index contributed by atoms with van der Waals surface area (Å²) in [5, 5.41) is 5.19. The Morgan fingerprint density at radius 1 is 1.13 bits per heavy atom. The Morgan fingerprint density at radius 3 is 3.13 bits per heavy atom. The Labute approximate surface area is 87.1 Å². The quantitative estimate of drug-likeness (QED) is 0.699. The number of rotatable bonds is 0. The highest BCUT2D eigenvalue weighted by Gasteiger charge is 2.05. The number of pyridine rings is 1. The molecule has 15 heavy (non-hydrogen) atoms. The smallest absolute Gasteiger partial charge is 0.0708 e. The van der Waals surface area contributed by atoms with Crippen LogP contribution in [0.25, 0.3) is 17.0 Å². The van der Waals surface area contributed by atoms with Crippen molar-refractivity contribution in [3.8, 4) is 0 Å². The fraction of sp³-hybridized carbons (Fsp3) is 0. The van der Waals surface area contributed by atoms with Crippen LogP contribution in [0.3, 0.4) is 0 Å². The number of fused-ring (bicyclic) bond motifs is 3. The van der Waals surface area contributed by atoms with E-state index in [0.29, 0.717) is 0 Å². The van der Waals surface area contributed by atoms with Gasteiger partial charge in [0.25, 0.3) is 0 Å². The van der Waals surface area contributed by atoms with Gasteiger partial charge in [0.2, 0.25) is 0 Å². The molecule has 1 N–H and O–H groups in total. The maximum Gasteiger partial charge on any atom is 0.0708 e. The molecule has 0 atom stereocenters. The zero-order valence-corrected chi connectivity index (χ0v) is 8.01. The summed E-state index contributed by atoms with van der Waals surface area (Å²) in [5.41, 5.74) is 6.11. The summed E-state index contributed by atoms with van der Waals surface area (Å²) < 4.78 is 0. The van der Waals surface area contributed by atoms with Gasteiger partial charge in [0.05, 0.1) is 11.7 Å². The largest absolute Gasteiger partial charge is 0.286 e. The first-order valence-electron chi connectivity index (χ1n) is 4.78. The first kappa shape index (κ1) is 8.17. The van der Waals surface area contributed by atoms with E-state index in [2.05, 4.69) is 21.6 Å². The first-order chi connectivity index (χ1) is 7.45. The summed E-state index contributed by atoms with van der Waals surface area (Å²) in [5.74, 6) is 0. The standard InChI is InChI=1S/C12H9N3/c1-2-11-10-5-7-14-15-8-9(10)3-4-12(11)13-6-1/h1-8,14H. The van der Waals surface area contributed by atoms with Crippen LogP contribution < -0.4 is 5.43 Å². The molecule has 0 amide bonds. The minimum Gasteiger partial charge on any atom is -0.286 e. The molecule has 72 valence electrons. The van der Waals surface area contributed by atoms with Gasteiger partial charge in [-0.15, -0.1) is 0 Å². The molecule has 2 aromatic rings. The molecule has 1 aliphatic rings. The van der Waals surface area contributed by atoms with Crippen LogP contribution >= 0.6 is 0 Å². The minimum atomic E-state index is 1.01. The minimum absolute atomic E-state index is 1.01. The SMILES string of the molecule is C1=Cc2c(ccc3ncccc23)C=NN1. The van der Waals surface area contributed by atoms with Crippen LogP contribution in [0, 0.1) is 0 Å². The second-order valence-corrected chi connectivity index (χ2v) is 3.36. The summed E-state index contributed by atoms with van der Waals surface area (Å²) in [6.07, 6.45) is 7.48. The molecule has 1 aliphatic heterocycles. The lowest BCUT2D eigenvalue weighted by Crippen LogP contribution is -1.91. The van der Waals surface area contributed by atoms with Crippen LogP contribution in [-0.4, -0.2) is 11.2 Å². The number of benzene rings is 1. The van der Waals surface area contributed by atoms with Gasteiger partial charge in [-0.05, 0) is 23.8 Å². The van der Waals surface area contributed by atoms with Gasteiger partial charge >= 0.3 is 0 Å². The highest BCUT2D eigenvalue weighted by atomic mass is 15.3. The van der Waals surface area contributed by atoms with Crippen molar-refractivity contribution in [2.24, 2.45) is 5.10 Å². The van der Waals surface area contributed by atoms with Gasteiger partial charge in [0.1, 0.15) is 0 Å². The predicted molar refractivity (Wildman–Crippen MR) is 61.5 cm³/mol. The van der Waals surface area contributed by atoms with Crippen molar-refractivity contribution in [2.45, 2.75) is 0 Å². The second kappa shape index (κ2) is 3.20. The van der Waals surface area contributed by atoms with Gasteiger partial charge in [-0.2, -0.15) is 5.10 Å². The maximum atomic E-state index is 4.32. The Morgan fingerprint density at radius 2 is 2.13 bits per heavy atom. The summed E-state index contributed by atoms with van der Waals surface area (Å²) in [6.45, 7) is 0. The lowest BCUT2D eigenvalue weighted by Gasteiger charge is -2.03. The molecule has 0 spiro atoms. The lowest BCUT2D eigenvalue weighted by atomic mass is 10.0. The zero-order valence-electron chi connectivity index (χ0n) is 8.01. The molecule has 0 radical (unpaired) electrons. The summed E-state index contributed by atoms with van der Waals surface area (Å²) in [4.78, 5) is 4.32. The van der Waals surface area contributed by atoms with Crippen LogP contribution in [-0.2, 0) is 0 Å². The van der Waals surface area contributed by atoms with Gasteiger partial charge in [0, 0.05) is 23.3 Å². The number of hydrazone groups is 1. The average molecular weight is 195 g/mol. The van der Waals surface area contributed by atoms with E-state index in [9.17, 15) is 0 Å². The van der Waals surface area contributed by atoms with Crippen LogP contribution in [0.15, 0.2) is 41.8 Å². The molecule has 0 saturated carbocycles. The zero-order chi connectivity index (χ0) is 10.1. The highest BCUT2D eigenvalue weighted by molar-refractivity contribution is 5.98. The second-order valence-electron chi connectivity index (χ2n) is 3.36. The third-order valence-electron chi connectivity index (χ3n) is 2.46. The van der Waals surface area contributed by atoms with E-state index in [1.807, 2.05) is 42.9 Å². The predicted octanol–water partition coefficient (Wildman–Crippen LogP) is 2.14. The normalized spacial score (nSPS) is 13.3. The van der Waals surface area contributed by atoms with Crippen molar-refractivity contribution in [1.29, 1.82) is 0 Å². The monoisotopic (exact) mass is 195 g/mol. The Balaban J connectivity index is 2.42. The van der Waals surface area contributed by atoms with Gasteiger partial charge in [-0.1, -0.05) is 12.1 Å². The van der Waals surface area contributed by atoms with Gasteiger partial charge in [-0.25, -0.2) is 0 Å². The van der Waals surface area contributed by atoms with Gasteiger partial charge in [0.15, 0.2) is 0 Å². The molecular formula is C12H9N3. The molecule has 0 unspecified atom stereocenters. The van der Waals surface area contributed by atoms with E-state index in [-0.39, 0.29) is 0 Å². The maximum absolute atomic E-state index is 4.32. The number of nitrogens with one attached hydrogen (secondary N) is 1. The van der Waals surface area contributed by atoms with E-state index in [0.717, 1.165) is 22.0 Å². The van der Waals surface area contributed by atoms with E-state index in [4.69, 9.17) is 0 Å². The molecule has 1 aromatic carbocycles. The van der Waals surface area contributed by atoms with Gasteiger partial charge < -0.3 is 0 Å². The molecule has 1 aromatic heterocycles. The summed E-state index contributed by atoms with van der Waals surface area (Å²) in [6, 6.07) is 8.07. The van der Waals surface area contributed by atoms with E-state index < -0.39 is 0 Å².